The van der Waals surface area contributed by atoms with Crippen LogP contribution in [-0.2, 0) is 9.59 Å². The predicted molar refractivity (Wildman–Crippen MR) is 63.1 cm³/mol. The van der Waals surface area contributed by atoms with Crippen molar-refractivity contribution in [2.24, 2.45) is 5.92 Å². The van der Waals surface area contributed by atoms with Gasteiger partial charge >= 0.3 is 5.97 Å². The Morgan fingerprint density at radius 2 is 1.50 bits per heavy atom. The molecule has 0 aromatic carbocycles. The number of likely N-dealkylation sites (N-methyl/N-ethyl adjacent to an activating group) is 1. The van der Waals surface area contributed by atoms with Crippen LogP contribution in [0.4, 0.5) is 0 Å². The molecular weight excluding hydrogens is 206 g/mol. The average molecular weight is 227 g/mol. The van der Waals surface area contributed by atoms with Gasteiger partial charge in [-0.2, -0.15) is 0 Å². The molecular formula is C12H21NO3. The number of hydrogen-bond acceptors (Lipinski definition) is 2. The largest absolute Gasteiger partial charge is 0.478 e. The van der Waals surface area contributed by atoms with Gasteiger partial charge in [-0.25, -0.2) is 4.79 Å². The zero-order chi connectivity index (χ0) is 13.0. The number of carbonyl (C=O) groups is 2. The number of carboxylic acid groups (broad SMARTS) is 1. The molecule has 0 saturated heterocycles. The molecule has 1 unspecified atom stereocenters. The molecule has 0 aliphatic heterocycles. The van der Waals surface area contributed by atoms with E-state index in [0.29, 0.717) is 11.5 Å². The first-order valence-corrected chi connectivity index (χ1v) is 5.38. The average Bonchev–Trinajstić information content (AvgIpc) is 2.23. The summed E-state index contributed by atoms with van der Waals surface area (Å²) in [6.45, 7) is 9.00. The predicted octanol–water partition coefficient (Wildman–Crippen LogP) is 1.91. The van der Waals surface area contributed by atoms with Crippen LogP contribution >= 0.6 is 0 Å². The lowest BCUT2D eigenvalue weighted by molar-refractivity contribution is -0.134. The molecule has 0 radical (unpaired) electrons. The Morgan fingerprint density at radius 3 is 1.81 bits per heavy atom. The highest BCUT2D eigenvalue weighted by Crippen LogP contribution is 2.13. The summed E-state index contributed by atoms with van der Waals surface area (Å²) in [7, 11) is 1.70. The van der Waals surface area contributed by atoms with Gasteiger partial charge in [0.05, 0.1) is 0 Å². The van der Waals surface area contributed by atoms with E-state index in [0.717, 1.165) is 0 Å². The molecule has 0 aliphatic carbocycles. The molecule has 16 heavy (non-hydrogen) atoms. The Balaban J connectivity index is 4.95. The van der Waals surface area contributed by atoms with Gasteiger partial charge in [0.1, 0.15) is 0 Å². The molecule has 0 aromatic rings. The third-order valence-corrected chi connectivity index (χ3v) is 3.10. The van der Waals surface area contributed by atoms with E-state index in [4.69, 9.17) is 5.11 Å². The zero-order valence-corrected chi connectivity index (χ0v) is 10.9. The Labute approximate surface area is 96.9 Å². The highest BCUT2D eigenvalue weighted by Gasteiger charge is 2.22. The summed E-state index contributed by atoms with van der Waals surface area (Å²) < 4.78 is 0. The summed E-state index contributed by atoms with van der Waals surface area (Å²) in [6, 6.07) is 0.0871. The van der Waals surface area contributed by atoms with Gasteiger partial charge in [-0.1, -0.05) is 13.8 Å². The van der Waals surface area contributed by atoms with Gasteiger partial charge in [0.25, 0.3) is 0 Å². The van der Waals surface area contributed by atoms with Crippen molar-refractivity contribution in [2.75, 3.05) is 7.05 Å². The fourth-order valence-corrected chi connectivity index (χ4v) is 1.22. The molecule has 0 saturated carbocycles. The summed E-state index contributed by atoms with van der Waals surface area (Å²) in [5.74, 6) is -0.926. The first-order chi connectivity index (χ1) is 7.20. The summed E-state index contributed by atoms with van der Waals surface area (Å²) in [4.78, 5) is 24.3. The van der Waals surface area contributed by atoms with Crippen LogP contribution in [-0.4, -0.2) is 35.0 Å². The maximum atomic E-state index is 11.9. The number of hydrogen-bond donors (Lipinski definition) is 1. The Kier molecular flexibility index (Phi) is 5.21. The Bertz CT molecular complexity index is 318. The highest BCUT2D eigenvalue weighted by molar-refractivity contribution is 6.01. The molecule has 4 heteroatoms. The van der Waals surface area contributed by atoms with E-state index < -0.39 is 5.97 Å². The fourth-order valence-electron chi connectivity index (χ4n) is 1.22. The van der Waals surface area contributed by atoms with Gasteiger partial charge in [-0.3, -0.25) is 4.79 Å². The molecule has 0 spiro atoms. The van der Waals surface area contributed by atoms with Crippen molar-refractivity contribution in [3.05, 3.63) is 11.1 Å². The van der Waals surface area contributed by atoms with E-state index in [1.165, 1.54) is 6.92 Å². The lowest BCUT2D eigenvalue weighted by atomic mass is 10.0. The van der Waals surface area contributed by atoms with Crippen LogP contribution in [0.5, 0.6) is 0 Å². The fraction of sp³-hybridized carbons (Fsp3) is 0.667. The van der Waals surface area contributed by atoms with E-state index in [-0.39, 0.29) is 17.5 Å². The lowest BCUT2D eigenvalue weighted by Gasteiger charge is -2.28. The van der Waals surface area contributed by atoms with Gasteiger partial charge in [0.2, 0.25) is 5.91 Å². The maximum Gasteiger partial charge on any atom is 0.331 e. The van der Waals surface area contributed by atoms with E-state index in [9.17, 15) is 9.59 Å². The molecule has 0 fully saturated rings. The van der Waals surface area contributed by atoms with E-state index in [2.05, 4.69) is 0 Å². The van der Waals surface area contributed by atoms with Crippen molar-refractivity contribution >= 4 is 11.9 Å². The minimum Gasteiger partial charge on any atom is -0.478 e. The number of carboxylic acids is 1. The normalized spacial score (nSPS) is 14.4. The van der Waals surface area contributed by atoms with Crippen molar-refractivity contribution in [2.45, 2.75) is 40.7 Å². The minimum absolute atomic E-state index is 0.0871. The van der Waals surface area contributed by atoms with Crippen LogP contribution in [0.3, 0.4) is 0 Å². The second-order valence-corrected chi connectivity index (χ2v) is 4.46. The van der Waals surface area contributed by atoms with Gasteiger partial charge < -0.3 is 10.0 Å². The van der Waals surface area contributed by atoms with Crippen LogP contribution in [0, 0.1) is 5.92 Å². The zero-order valence-electron chi connectivity index (χ0n) is 10.9. The first kappa shape index (κ1) is 14.7. The van der Waals surface area contributed by atoms with Gasteiger partial charge in [-0.05, 0) is 26.7 Å². The summed E-state index contributed by atoms with van der Waals surface area (Å²) in [6.07, 6.45) is 0. The number of nitrogens with zero attached hydrogens (tertiary/aromatic N) is 1. The van der Waals surface area contributed by atoms with Crippen LogP contribution in [0.15, 0.2) is 11.1 Å². The van der Waals surface area contributed by atoms with Crippen LogP contribution in [0.1, 0.15) is 34.6 Å². The lowest BCUT2D eigenvalue weighted by Crippen LogP contribution is -2.39. The molecule has 4 nitrogen and oxygen atoms in total. The number of amides is 1. The third kappa shape index (κ3) is 3.36. The second-order valence-electron chi connectivity index (χ2n) is 4.46. The Hall–Kier alpha value is -1.32. The monoisotopic (exact) mass is 227 g/mol. The van der Waals surface area contributed by atoms with Crippen LogP contribution in [0.2, 0.25) is 0 Å². The number of rotatable bonds is 4. The highest BCUT2D eigenvalue weighted by atomic mass is 16.4. The van der Waals surface area contributed by atoms with E-state index in [1.807, 2.05) is 20.8 Å². The number of carbonyl (C=O) groups excluding carboxylic acids is 1. The first-order valence-electron chi connectivity index (χ1n) is 5.38. The van der Waals surface area contributed by atoms with Gasteiger partial charge in [0.15, 0.2) is 0 Å². The van der Waals surface area contributed by atoms with Crippen molar-refractivity contribution in [3.63, 3.8) is 0 Å². The molecule has 92 valence electrons. The smallest absolute Gasteiger partial charge is 0.331 e. The Morgan fingerprint density at radius 1 is 1.06 bits per heavy atom. The quantitative estimate of drug-likeness (QED) is 0.746. The molecule has 1 amide bonds. The van der Waals surface area contributed by atoms with Crippen LogP contribution in [0.25, 0.3) is 0 Å². The van der Waals surface area contributed by atoms with Crippen LogP contribution < -0.4 is 0 Å². The molecule has 1 atom stereocenters. The number of aliphatic carboxylic acids is 1. The summed E-state index contributed by atoms with van der Waals surface area (Å²) in [5, 5.41) is 8.80. The van der Waals surface area contributed by atoms with Crippen molar-refractivity contribution < 1.29 is 14.7 Å². The molecule has 0 bridgehead atoms. The van der Waals surface area contributed by atoms with E-state index >= 15 is 0 Å². The van der Waals surface area contributed by atoms with Gasteiger partial charge in [0, 0.05) is 24.2 Å². The van der Waals surface area contributed by atoms with Crippen molar-refractivity contribution in [1.82, 2.24) is 4.90 Å². The second kappa shape index (κ2) is 5.68. The summed E-state index contributed by atoms with van der Waals surface area (Å²) in [5.41, 5.74) is 0.398. The van der Waals surface area contributed by atoms with Crippen molar-refractivity contribution in [3.8, 4) is 0 Å². The molecule has 0 rings (SSSR count). The minimum atomic E-state index is -1.04. The van der Waals surface area contributed by atoms with E-state index in [1.54, 1.807) is 18.9 Å². The standard InChI is InChI=1S/C12H21NO3/c1-7(2)10(5)13(6)11(14)8(3)9(4)12(15)16/h7,10H,1-6H3,(H,15,16). The summed E-state index contributed by atoms with van der Waals surface area (Å²) >= 11 is 0. The molecule has 0 aliphatic rings. The molecule has 0 aromatic heterocycles. The van der Waals surface area contributed by atoms with Crippen molar-refractivity contribution in [1.29, 1.82) is 0 Å². The SMILES string of the molecule is CC(C(=O)O)=C(C)C(=O)N(C)C(C)C(C)C. The topological polar surface area (TPSA) is 57.6 Å². The third-order valence-electron chi connectivity index (χ3n) is 3.10. The molecule has 1 N–H and O–H groups in total. The maximum absolute atomic E-state index is 11.9. The van der Waals surface area contributed by atoms with Gasteiger partial charge in [-0.15, -0.1) is 0 Å². The molecule has 0 heterocycles.